The van der Waals surface area contributed by atoms with Crippen LogP contribution in [0.25, 0.3) is 5.69 Å². The Balaban J connectivity index is 1.53. The topological polar surface area (TPSA) is 67.9 Å². The molecule has 4 rings (SSSR count). The van der Waals surface area contributed by atoms with E-state index in [4.69, 9.17) is 11.6 Å². The molecule has 8 heteroatoms. The number of aliphatic hydroxyl groups excluding tert-OH is 1. The molecule has 0 radical (unpaired) electrons. The third kappa shape index (κ3) is 3.57. The fraction of sp³-hybridized carbons (Fsp3) is 0.400. The first-order chi connectivity index (χ1) is 13.6. The normalized spacial score (nSPS) is 16.4. The minimum atomic E-state index is -0.291. The summed E-state index contributed by atoms with van der Waals surface area (Å²) >= 11 is 6.59. The predicted octanol–water partition coefficient (Wildman–Crippen LogP) is 3.33. The van der Waals surface area contributed by atoms with Gasteiger partial charge in [-0.2, -0.15) is 10.2 Å². The third-order valence-corrected chi connectivity index (χ3v) is 5.68. The quantitative estimate of drug-likeness (QED) is 0.662. The molecule has 2 N–H and O–H groups in total. The Hall–Kier alpha value is -2.22. The Bertz CT molecular complexity index is 966. The molecule has 148 valence electrons. The van der Waals surface area contributed by atoms with E-state index in [1.54, 1.807) is 16.8 Å². The van der Waals surface area contributed by atoms with Gasteiger partial charge < -0.3 is 10.4 Å². The summed E-state index contributed by atoms with van der Waals surface area (Å²) in [5, 5.41) is 22.3. The van der Waals surface area contributed by atoms with Crippen LogP contribution in [0.4, 0.5) is 4.39 Å². The Morgan fingerprint density at radius 2 is 2.11 bits per heavy atom. The molecule has 0 aliphatic heterocycles. The van der Waals surface area contributed by atoms with Crippen LogP contribution in [0.2, 0.25) is 5.15 Å². The van der Waals surface area contributed by atoms with E-state index in [-0.39, 0.29) is 18.5 Å². The van der Waals surface area contributed by atoms with Gasteiger partial charge in [0.05, 0.1) is 30.7 Å². The maximum atomic E-state index is 13.2. The molecular weight excluding hydrogens is 381 g/mol. The lowest BCUT2D eigenvalue weighted by molar-refractivity contribution is 0.266. The second kappa shape index (κ2) is 8.03. The Morgan fingerprint density at radius 1 is 1.32 bits per heavy atom. The molecule has 0 spiro atoms. The highest BCUT2D eigenvalue weighted by atomic mass is 35.5. The van der Waals surface area contributed by atoms with E-state index in [0.29, 0.717) is 18.2 Å². The van der Waals surface area contributed by atoms with Gasteiger partial charge in [-0.3, -0.25) is 4.68 Å². The molecular formula is C20H23ClFN5O. The van der Waals surface area contributed by atoms with Gasteiger partial charge in [-0.15, -0.1) is 0 Å². The number of benzene rings is 1. The van der Waals surface area contributed by atoms with Gasteiger partial charge in [0.15, 0.2) is 0 Å². The number of aryl methyl sites for hydroxylation is 1. The van der Waals surface area contributed by atoms with Gasteiger partial charge in [-0.25, -0.2) is 9.07 Å². The number of halogens is 2. The van der Waals surface area contributed by atoms with E-state index < -0.39 is 0 Å². The third-order valence-electron chi connectivity index (χ3n) is 5.29. The van der Waals surface area contributed by atoms with E-state index in [0.717, 1.165) is 36.2 Å². The summed E-state index contributed by atoms with van der Waals surface area (Å²) in [5.41, 5.74) is 4.89. The fourth-order valence-corrected chi connectivity index (χ4v) is 4.17. The van der Waals surface area contributed by atoms with Crippen molar-refractivity contribution in [2.75, 3.05) is 6.61 Å². The number of hydrogen-bond donors (Lipinski definition) is 2. The van der Waals surface area contributed by atoms with Crippen LogP contribution in [0.1, 0.15) is 41.4 Å². The van der Waals surface area contributed by atoms with Gasteiger partial charge in [0, 0.05) is 29.4 Å². The molecule has 0 bridgehead atoms. The van der Waals surface area contributed by atoms with Crippen molar-refractivity contribution in [3.63, 3.8) is 0 Å². The lowest BCUT2D eigenvalue weighted by Gasteiger charge is -2.24. The van der Waals surface area contributed by atoms with Gasteiger partial charge in [-0.05, 0) is 50.5 Å². The highest BCUT2D eigenvalue weighted by Crippen LogP contribution is 2.31. The van der Waals surface area contributed by atoms with Gasteiger partial charge in [0.2, 0.25) is 0 Å². The number of hydrogen-bond acceptors (Lipinski definition) is 4. The Kier molecular flexibility index (Phi) is 5.48. The zero-order chi connectivity index (χ0) is 19.7. The van der Waals surface area contributed by atoms with Crippen LogP contribution >= 0.6 is 11.6 Å². The molecule has 1 atom stereocenters. The molecule has 3 aromatic rings. The first-order valence-electron chi connectivity index (χ1n) is 9.47. The molecule has 1 aliphatic carbocycles. The van der Waals surface area contributed by atoms with E-state index in [1.165, 1.54) is 23.4 Å². The number of rotatable bonds is 6. The van der Waals surface area contributed by atoms with Crippen molar-refractivity contribution in [1.82, 2.24) is 24.9 Å². The SMILES string of the molecule is Cc1nn(-c2ccc(F)cc2)c(Cl)c1CN[C@H]1CCCc2c1cnn2CCO. The summed E-state index contributed by atoms with van der Waals surface area (Å²) in [4.78, 5) is 0. The van der Waals surface area contributed by atoms with E-state index in [9.17, 15) is 9.50 Å². The second-order valence-electron chi connectivity index (χ2n) is 7.06. The van der Waals surface area contributed by atoms with E-state index in [2.05, 4.69) is 15.5 Å². The lowest BCUT2D eigenvalue weighted by atomic mass is 9.93. The van der Waals surface area contributed by atoms with Crippen molar-refractivity contribution in [3.8, 4) is 5.69 Å². The van der Waals surface area contributed by atoms with Crippen molar-refractivity contribution in [1.29, 1.82) is 0 Å². The van der Waals surface area contributed by atoms with Crippen molar-refractivity contribution in [3.05, 3.63) is 63.9 Å². The van der Waals surface area contributed by atoms with Crippen LogP contribution < -0.4 is 5.32 Å². The molecule has 6 nitrogen and oxygen atoms in total. The molecule has 2 heterocycles. The van der Waals surface area contributed by atoms with Crippen LogP contribution in [-0.2, 0) is 19.5 Å². The van der Waals surface area contributed by atoms with E-state index >= 15 is 0 Å². The average molecular weight is 404 g/mol. The Morgan fingerprint density at radius 3 is 2.86 bits per heavy atom. The zero-order valence-electron chi connectivity index (χ0n) is 15.7. The maximum absolute atomic E-state index is 13.2. The monoisotopic (exact) mass is 403 g/mol. The van der Waals surface area contributed by atoms with Crippen LogP contribution in [0.3, 0.4) is 0 Å². The van der Waals surface area contributed by atoms with Crippen molar-refractivity contribution in [2.24, 2.45) is 0 Å². The summed E-state index contributed by atoms with van der Waals surface area (Å²) in [6, 6.07) is 6.31. The van der Waals surface area contributed by atoms with E-state index in [1.807, 2.05) is 17.8 Å². The second-order valence-corrected chi connectivity index (χ2v) is 7.42. The van der Waals surface area contributed by atoms with Crippen LogP contribution in [0.5, 0.6) is 0 Å². The molecule has 0 unspecified atom stereocenters. The number of nitrogens with one attached hydrogen (secondary N) is 1. The molecule has 1 aliphatic rings. The molecule has 1 aromatic carbocycles. The van der Waals surface area contributed by atoms with Crippen LogP contribution in [-0.4, -0.2) is 31.3 Å². The molecule has 0 saturated heterocycles. The highest BCUT2D eigenvalue weighted by Gasteiger charge is 2.25. The van der Waals surface area contributed by atoms with Gasteiger partial charge in [0.1, 0.15) is 11.0 Å². The number of nitrogens with zero attached hydrogens (tertiary/aromatic N) is 4. The number of aromatic nitrogens is 4. The van der Waals surface area contributed by atoms with Crippen molar-refractivity contribution < 1.29 is 9.50 Å². The summed E-state index contributed by atoms with van der Waals surface area (Å²) in [6.07, 6.45) is 4.98. The number of fused-ring (bicyclic) bond motifs is 1. The summed E-state index contributed by atoms with van der Waals surface area (Å²) < 4.78 is 16.7. The largest absolute Gasteiger partial charge is 0.394 e. The van der Waals surface area contributed by atoms with Crippen LogP contribution in [0, 0.1) is 12.7 Å². The standard InChI is InChI=1S/C20H23ClFN5O/c1-13-16(20(21)27(25-13)15-7-5-14(22)6-8-15)11-23-18-3-2-4-19-17(18)12-24-26(19)9-10-28/h5-8,12,18,23,28H,2-4,9-11H2,1H3/t18-/m0/s1. The van der Waals surface area contributed by atoms with Crippen molar-refractivity contribution in [2.45, 2.75) is 45.3 Å². The minimum Gasteiger partial charge on any atom is -0.394 e. The van der Waals surface area contributed by atoms with Gasteiger partial charge in [0.25, 0.3) is 0 Å². The molecule has 2 aromatic heterocycles. The summed E-state index contributed by atoms with van der Waals surface area (Å²) in [7, 11) is 0. The van der Waals surface area contributed by atoms with Crippen molar-refractivity contribution >= 4 is 11.6 Å². The van der Waals surface area contributed by atoms with Gasteiger partial charge >= 0.3 is 0 Å². The highest BCUT2D eigenvalue weighted by molar-refractivity contribution is 6.30. The molecule has 0 saturated carbocycles. The Labute approximate surface area is 167 Å². The predicted molar refractivity (Wildman–Crippen MR) is 105 cm³/mol. The fourth-order valence-electron chi connectivity index (χ4n) is 3.83. The smallest absolute Gasteiger partial charge is 0.137 e. The number of aliphatic hydroxyl groups is 1. The summed E-state index contributed by atoms with van der Waals surface area (Å²) in [5.74, 6) is -0.291. The maximum Gasteiger partial charge on any atom is 0.137 e. The zero-order valence-corrected chi connectivity index (χ0v) is 16.5. The van der Waals surface area contributed by atoms with Gasteiger partial charge in [-0.1, -0.05) is 11.6 Å². The van der Waals surface area contributed by atoms with Crippen LogP contribution in [0.15, 0.2) is 30.5 Å². The molecule has 0 fully saturated rings. The molecule has 28 heavy (non-hydrogen) atoms. The minimum absolute atomic E-state index is 0.0869. The lowest BCUT2D eigenvalue weighted by Crippen LogP contribution is -2.25. The average Bonchev–Trinajstić information content (AvgIpc) is 3.23. The first-order valence-corrected chi connectivity index (χ1v) is 9.85. The summed E-state index contributed by atoms with van der Waals surface area (Å²) in [6.45, 7) is 3.12. The molecule has 0 amide bonds. The first kappa shape index (κ1) is 19.1.